The van der Waals surface area contributed by atoms with E-state index in [1.807, 2.05) is 31.2 Å². The fourth-order valence-corrected chi connectivity index (χ4v) is 4.05. The third kappa shape index (κ3) is 5.67. The highest BCUT2D eigenvalue weighted by molar-refractivity contribution is 8.00. The van der Waals surface area contributed by atoms with Gasteiger partial charge in [-0.05, 0) is 49.0 Å². The van der Waals surface area contributed by atoms with E-state index in [2.05, 4.69) is 30.0 Å². The molecule has 3 N–H and O–H groups in total. The van der Waals surface area contributed by atoms with Crippen LogP contribution in [0.2, 0.25) is 0 Å². The Labute approximate surface area is 154 Å². The molecule has 1 aliphatic carbocycles. The number of thioether (sulfide) groups is 1. The zero-order valence-electron chi connectivity index (χ0n) is 14.6. The van der Waals surface area contributed by atoms with E-state index < -0.39 is 0 Å². The summed E-state index contributed by atoms with van der Waals surface area (Å²) in [7, 11) is 0. The highest BCUT2D eigenvalue weighted by Crippen LogP contribution is 2.29. The predicted molar refractivity (Wildman–Crippen MR) is 105 cm³/mol. The minimum atomic E-state index is -0.0857. The van der Waals surface area contributed by atoms with Gasteiger partial charge in [0.05, 0.1) is 5.75 Å². The Kier molecular flexibility index (Phi) is 7.37. The maximum Gasteiger partial charge on any atom is 0.248 e. The molecule has 132 valence electrons. The van der Waals surface area contributed by atoms with Gasteiger partial charge in [0.25, 0.3) is 0 Å². The van der Waals surface area contributed by atoms with E-state index in [4.69, 9.17) is 12.2 Å². The van der Waals surface area contributed by atoms with Crippen LogP contribution in [0, 0.1) is 18.8 Å². The number of benzene rings is 1. The molecule has 2 rings (SSSR count). The van der Waals surface area contributed by atoms with E-state index in [1.54, 1.807) is 0 Å². The molecule has 0 radical (unpaired) electrons. The van der Waals surface area contributed by atoms with Gasteiger partial charge in [0, 0.05) is 10.9 Å². The van der Waals surface area contributed by atoms with Gasteiger partial charge in [0.15, 0.2) is 5.11 Å². The molecule has 1 amide bonds. The number of hydrogen-bond donors (Lipinski definition) is 3. The molecule has 1 aliphatic rings. The Balaban J connectivity index is 1.69. The Hall–Kier alpha value is -1.27. The van der Waals surface area contributed by atoms with Gasteiger partial charge in [-0.25, -0.2) is 0 Å². The third-order valence-electron chi connectivity index (χ3n) is 4.79. The van der Waals surface area contributed by atoms with Crippen molar-refractivity contribution in [1.29, 1.82) is 0 Å². The zero-order chi connectivity index (χ0) is 17.5. The molecule has 0 heterocycles. The number of carbonyl (C=O) groups excluding carboxylic acids is 1. The molecule has 0 unspecified atom stereocenters. The third-order valence-corrected chi connectivity index (χ3v) is 6.19. The number of amides is 1. The van der Waals surface area contributed by atoms with E-state index >= 15 is 0 Å². The fraction of sp³-hybridized carbons (Fsp3) is 0.556. The molecule has 0 bridgehead atoms. The number of aryl methyl sites for hydroxylation is 1. The van der Waals surface area contributed by atoms with Gasteiger partial charge in [-0.15, -0.1) is 11.8 Å². The molecule has 0 aromatic heterocycles. The topological polar surface area (TPSA) is 53.2 Å². The van der Waals surface area contributed by atoms with Gasteiger partial charge in [-0.3, -0.25) is 15.6 Å². The largest absolute Gasteiger partial charge is 0.358 e. The Morgan fingerprint density at radius 3 is 2.75 bits per heavy atom. The number of nitrogens with one attached hydrogen (secondary N) is 3. The predicted octanol–water partition coefficient (Wildman–Crippen LogP) is 3.41. The summed E-state index contributed by atoms with van der Waals surface area (Å²) in [4.78, 5) is 13.1. The van der Waals surface area contributed by atoms with Crippen molar-refractivity contribution in [3.8, 4) is 0 Å². The molecule has 1 fully saturated rings. The molecule has 1 aromatic rings. The van der Waals surface area contributed by atoms with Crippen LogP contribution in [0.15, 0.2) is 29.2 Å². The van der Waals surface area contributed by atoms with E-state index in [-0.39, 0.29) is 5.91 Å². The van der Waals surface area contributed by atoms with Crippen LogP contribution in [0.1, 0.15) is 38.7 Å². The second kappa shape index (κ2) is 9.28. The van der Waals surface area contributed by atoms with E-state index in [9.17, 15) is 4.79 Å². The first-order valence-electron chi connectivity index (χ1n) is 8.51. The Bertz CT molecular complexity index is 579. The summed E-state index contributed by atoms with van der Waals surface area (Å²) in [5, 5.41) is 3.83. The van der Waals surface area contributed by atoms with Gasteiger partial charge in [-0.2, -0.15) is 0 Å². The number of carbonyl (C=O) groups is 1. The molecule has 1 aromatic carbocycles. The quantitative estimate of drug-likeness (QED) is 0.434. The molecule has 6 heteroatoms. The maximum atomic E-state index is 12.0. The second-order valence-corrected chi connectivity index (χ2v) is 8.00. The summed E-state index contributed by atoms with van der Waals surface area (Å²) in [6.45, 7) is 6.60. The fourth-order valence-electron chi connectivity index (χ4n) is 3.01. The van der Waals surface area contributed by atoms with Crippen LogP contribution in [0.5, 0.6) is 0 Å². The van der Waals surface area contributed by atoms with Crippen LogP contribution in [0.25, 0.3) is 0 Å². The van der Waals surface area contributed by atoms with Gasteiger partial charge in [0.1, 0.15) is 0 Å². The van der Waals surface area contributed by atoms with Gasteiger partial charge >= 0.3 is 0 Å². The van der Waals surface area contributed by atoms with Crippen LogP contribution in [0.4, 0.5) is 0 Å². The summed E-state index contributed by atoms with van der Waals surface area (Å²) in [6, 6.07) is 8.43. The lowest BCUT2D eigenvalue weighted by Gasteiger charge is -2.35. The molecule has 24 heavy (non-hydrogen) atoms. The molecular formula is C18H27N3OS2. The van der Waals surface area contributed by atoms with Crippen molar-refractivity contribution in [2.75, 3.05) is 5.75 Å². The molecule has 0 aliphatic heterocycles. The van der Waals surface area contributed by atoms with Crippen molar-refractivity contribution in [1.82, 2.24) is 16.2 Å². The highest BCUT2D eigenvalue weighted by Gasteiger charge is 2.27. The van der Waals surface area contributed by atoms with Crippen LogP contribution >= 0.6 is 24.0 Å². The summed E-state index contributed by atoms with van der Waals surface area (Å²) in [5.74, 6) is 1.57. The summed E-state index contributed by atoms with van der Waals surface area (Å²) < 4.78 is 0. The van der Waals surface area contributed by atoms with Crippen molar-refractivity contribution in [2.45, 2.75) is 51.0 Å². The van der Waals surface area contributed by atoms with Gasteiger partial charge < -0.3 is 5.32 Å². The normalized spacial score (nSPS) is 23.4. The van der Waals surface area contributed by atoms with Crippen molar-refractivity contribution in [2.24, 2.45) is 11.8 Å². The number of hydrazine groups is 1. The smallest absolute Gasteiger partial charge is 0.248 e. The van der Waals surface area contributed by atoms with Gasteiger partial charge in [-0.1, -0.05) is 44.9 Å². The van der Waals surface area contributed by atoms with Crippen molar-refractivity contribution >= 4 is 35.0 Å². The zero-order valence-corrected chi connectivity index (χ0v) is 16.2. The maximum absolute atomic E-state index is 12.0. The number of thiocarbonyl (C=S) groups is 1. The average molecular weight is 366 g/mol. The van der Waals surface area contributed by atoms with Crippen LogP contribution in [-0.2, 0) is 4.79 Å². The monoisotopic (exact) mass is 365 g/mol. The van der Waals surface area contributed by atoms with E-state index in [0.29, 0.717) is 28.7 Å². The van der Waals surface area contributed by atoms with Crippen molar-refractivity contribution < 1.29 is 4.79 Å². The molecule has 0 spiro atoms. The lowest BCUT2D eigenvalue weighted by Crippen LogP contribution is -2.52. The van der Waals surface area contributed by atoms with Crippen molar-refractivity contribution in [3.63, 3.8) is 0 Å². The minimum Gasteiger partial charge on any atom is -0.358 e. The minimum absolute atomic E-state index is 0.0857. The van der Waals surface area contributed by atoms with Crippen LogP contribution < -0.4 is 16.2 Å². The summed E-state index contributed by atoms with van der Waals surface area (Å²) in [6.07, 6.45) is 3.64. The number of rotatable bonds is 4. The first-order valence-corrected chi connectivity index (χ1v) is 9.90. The Morgan fingerprint density at radius 2 is 2.00 bits per heavy atom. The standard InChI is InChI=1S/C18H27N3OS2/c1-12-8-6-9-15(14(12)3)19-18(23)21-20-17(22)11-24-16-10-5-4-7-13(16)2/h4-5,7,10,12,14-15H,6,8-9,11H2,1-3H3,(H,20,22)(H2,19,21,23)/t12-,14-,15+/m0/s1. The molecular weight excluding hydrogens is 338 g/mol. The molecule has 3 atom stereocenters. The second-order valence-electron chi connectivity index (χ2n) is 6.57. The first-order chi connectivity index (χ1) is 11.5. The van der Waals surface area contributed by atoms with Gasteiger partial charge in [0.2, 0.25) is 5.91 Å². The highest BCUT2D eigenvalue weighted by atomic mass is 32.2. The summed E-state index contributed by atoms with van der Waals surface area (Å²) in [5.41, 5.74) is 6.68. The lowest BCUT2D eigenvalue weighted by molar-refractivity contribution is -0.119. The first kappa shape index (κ1) is 19.1. The molecule has 4 nitrogen and oxygen atoms in total. The van der Waals surface area contributed by atoms with Crippen LogP contribution in [0.3, 0.4) is 0 Å². The van der Waals surface area contributed by atoms with E-state index in [1.165, 1.54) is 30.2 Å². The molecule has 0 saturated heterocycles. The van der Waals surface area contributed by atoms with Crippen LogP contribution in [-0.4, -0.2) is 22.8 Å². The number of hydrogen-bond acceptors (Lipinski definition) is 3. The summed E-state index contributed by atoms with van der Waals surface area (Å²) >= 11 is 6.83. The Morgan fingerprint density at radius 1 is 1.25 bits per heavy atom. The SMILES string of the molecule is Cc1ccccc1SCC(=O)NNC(=S)N[C@@H]1CCC[C@H](C)[C@@H]1C. The average Bonchev–Trinajstić information content (AvgIpc) is 2.56. The molecule has 1 saturated carbocycles. The van der Waals surface area contributed by atoms with E-state index in [0.717, 1.165) is 11.3 Å². The van der Waals surface area contributed by atoms with Crippen molar-refractivity contribution in [3.05, 3.63) is 29.8 Å². The lowest BCUT2D eigenvalue weighted by atomic mass is 9.78.